The van der Waals surface area contributed by atoms with Crippen LogP contribution in [0.3, 0.4) is 0 Å². The van der Waals surface area contributed by atoms with Gasteiger partial charge in [0.1, 0.15) is 5.78 Å². The topological polar surface area (TPSA) is 58.2 Å². The molecule has 0 bridgehead atoms. The Morgan fingerprint density at radius 2 is 1.67 bits per heavy atom. The number of carbonyl (C=O) groups excluding carboxylic acids is 2. The average molecular weight is 328 g/mol. The third kappa shape index (κ3) is 4.04. The summed E-state index contributed by atoms with van der Waals surface area (Å²) in [4.78, 5) is 24.3. The number of Topliss-reactive ketones (excluding diaryl/α,β-unsaturated/α-hetero) is 1. The molecule has 2 aliphatic rings. The predicted octanol–water partition coefficient (Wildman–Crippen LogP) is 3.03. The molecule has 0 spiro atoms. The van der Waals surface area contributed by atoms with Crippen LogP contribution in [0.25, 0.3) is 0 Å². The van der Waals surface area contributed by atoms with Gasteiger partial charge in [-0.2, -0.15) is 0 Å². The number of benzene rings is 1. The summed E-state index contributed by atoms with van der Waals surface area (Å²) in [5.41, 5.74) is 2.02. The quantitative estimate of drug-likeness (QED) is 0.893. The lowest BCUT2D eigenvalue weighted by atomic mass is 9.82. The predicted molar refractivity (Wildman–Crippen MR) is 95.2 cm³/mol. The Morgan fingerprint density at radius 1 is 1.00 bits per heavy atom. The van der Waals surface area contributed by atoms with Crippen molar-refractivity contribution in [3.8, 4) is 0 Å². The molecule has 24 heavy (non-hydrogen) atoms. The molecular weight excluding hydrogens is 300 g/mol. The summed E-state index contributed by atoms with van der Waals surface area (Å²) in [5, 5.41) is 6.48. The van der Waals surface area contributed by atoms with Gasteiger partial charge >= 0.3 is 0 Å². The molecule has 0 unspecified atom stereocenters. The van der Waals surface area contributed by atoms with E-state index < -0.39 is 0 Å². The molecule has 130 valence electrons. The molecule has 1 aliphatic heterocycles. The molecule has 1 aromatic carbocycles. The number of hydrogen-bond donors (Lipinski definition) is 2. The average Bonchev–Trinajstić information content (AvgIpc) is 2.63. The Labute approximate surface area is 144 Å². The van der Waals surface area contributed by atoms with Crippen LogP contribution in [-0.4, -0.2) is 30.8 Å². The van der Waals surface area contributed by atoms with Gasteiger partial charge in [0.15, 0.2) is 0 Å². The highest BCUT2D eigenvalue weighted by atomic mass is 16.2. The SMILES string of the molecule is CC(=O)[C@@H]1CCCC[C@@H]1NC(=O)c1ccc(C2CCNCC2)cc1. The maximum Gasteiger partial charge on any atom is 0.251 e. The molecule has 3 rings (SSSR count). The smallest absolute Gasteiger partial charge is 0.251 e. The fourth-order valence-electron chi connectivity index (χ4n) is 4.10. The van der Waals surface area contributed by atoms with Crippen molar-refractivity contribution in [3.63, 3.8) is 0 Å². The zero-order valence-corrected chi connectivity index (χ0v) is 14.5. The summed E-state index contributed by atoms with van der Waals surface area (Å²) < 4.78 is 0. The van der Waals surface area contributed by atoms with Gasteiger partial charge in [-0.05, 0) is 69.3 Å². The summed E-state index contributed by atoms with van der Waals surface area (Å²) >= 11 is 0. The Bertz CT molecular complexity index is 576. The zero-order chi connectivity index (χ0) is 16.9. The molecule has 2 atom stereocenters. The van der Waals surface area contributed by atoms with Gasteiger partial charge in [0.05, 0.1) is 0 Å². The molecule has 1 heterocycles. The fraction of sp³-hybridized carbons (Fsp3) is 0.600. The van der Waals surface area contributed by atoms with Gasteiger partial charge in [-0.1, -0.05) is 25.0 Å². The molecule has 1 aliphatic carbocycles. The molecule has 1 saturated carbocycles. The summed E-state index contributed by atoms with van der Waals surface area (Å²) in [6.07, 6.45) is 6.30. The first-order valence-corrected chi connectivity index (χ1v) is 9.27. The van der Waals surface area contributed by atoms with Gasteiger partial charge in [-0.15, -0.1) is 0 Å². The highest BCUT2D eigenvalue weighted by Crippen LogP contribution is 2.27. The molecule has 1 amide bonds. The maximum absolute atomic E-state index is 12.5. The van der Waals surface area contributed by atoms with E-state index in [0.717, 1.165) is 51.6 Å². The molecule has 0 aromatic heterocycles. The molecule has 4 heteroatoms. The van der Waals surface area contributed by atoms with E-state index in [2.05, 4.69) is 22.8 Å². The lowest BCUT2D eigenvalue weighted by Crippen LogP contribution is -2.44. The zero-order valence-electron chi connectivity index (χ0n) is 14.5. The van der Waals surface area contributed by atoms with Gasteiger partial charge in [-0.25, -0.2) is 0 Å². The number of amides is 1. The second-order valence-electron chi connectivity index (χ2n) is 7.23. The van der Waals surface area contributed by atoms with Crippen LogP contribution in [0.1, 0.15) is 67.3 Å². The van der Waals surface area contributed by atoms with Gasteiger partial charge < -0.3 is 10.6 Å². The van der Waals surface area contributed by atoms with Crippen molar-refractivity contribution in [3.05, 3.63) is 35.4 Å². The molecule has 2 N–H and O–H groups in total. The van der Waals surface area contributed by atoms with Gasteiger partial charge in [0, 0.05) is 17.5 Å². The summed E-state index contributed by atoms with van der Waals surface area (Å²) in [5.74, 6) is 0.728. The highest BCUT2D eigenvalue weighted by Gasteiger charge is 2.29. The summed E-state index contributed by atoms with van der Waals surface area (Å²) in [6.45, 7) is 3.78. The third-order valence-corrected chi connectivity index (χ3v) is 5.59. The summed E-state index contributed by atoms with van der Waals surface area (Å²) in [7, 11) is 0. The minimum absolute atomic E-state index is 0.00662. The van der Waals surface area contributed by atoms with E-state index >= 15 is 0 Å². The van der Waals surface area contributed by atoms with Crippen LogP contribution in [-0.2, 0) is 4.79 Å². The molecule has 1 saturated heterocycles. The van der Waals surface area contributed by atoms with Crippen molar-refractivity contribution in [2.24, 2.45) is 5.92 Å². The third-order valence-electron chi connectivity index (χ3n) is 5.59. The summed E-state index contributed by atoms with van der Waals surface area (Å²) in [6, 6.07) is 8.03. The van der Waals surface area contributed by atoms with Crippen LogP contribution in [0.2, 0.25) is 0 Å². The van der Waals surface area contributed by atoms with Crippen LogP contribution in [0.4, 0.5) is 0 Å². The van der Waals surface area contributed by atoms with E-state index in [-0.39, 0.29) is 23.7 Å². The molecule has 1 aromatic rings. The second kappa shape index (κ2) is 7.93. The van der Waals surface area contributed by atoms with E-state index in [1.54, 1.807) is 6.92 Å². The normalized spacial score (nSPS) is 25.2. The molecule has 2 fully saturated rings. The number of carbonyl (C=O) groups is 2. The first-order valence-electron chi connectivity index (χ1n) is 9.27. The van der Waals surface area contributed by atoms with E-state index in [0.29, 0.717) is 11.5 Å². The number of piperidine rings is 1. The van der Waals surface area contributed by atoms with Crippen molar-refractivity contribution in [2.75, 3.05) is 13.1 Å². The van der Waals surface area contributed by atoms with Gasteiger partial charge in [0.2, 0.25) is 0 Å². The van der Waals surface area contributed by atoms with E-state index in [1.165, 1.54) is 5.56 Å². The fourth-order valence-corrected chi connectivity index (χ4v) is 4.10. The van der Waals surface area contributed by atoms with Crippen molar-refractivity contribution in [1.82, 2.24) is 10.6 Å². The number of nitrogens with one attached hydrogen (secondary N) is 2. The van der Waals surface area contributed by atoms with Crippen molar-refractivity contribution >= 4 is 11.7 Å². The van der Waals surface area contributed by atoms with Crippen molar-refractivity contribution < 1.29 is 9.59 Å². The van der Waals surface area contributed by atoms with Crippen LogP contribution in [0.15, 0.2) is 24.3 Å². The van der Waals surface area contributed by atoms with Gasteiger partial charge in [-0.3, -0.25) is 9.59 Å². The molecular formula is C20H28N2O2. The van der Waals surface area contributed by atoms with Gasteiger partial charge in [0.25, 0.3) is 5.91 Å². The van der Waals surface area contributed by atoms with Crippen LogP contribution >= 0.6 is 0 Å². The van der Waals surface area contributed by atoms with Crippen LogP contribution < -0.4 is 10.6 Å². The Kier molecular flexibility index (Phi) is 5.67. The van der Waals surface area contributed by atoms with Crippen molar-refractivity contribution in [2.45, 2.75) is 57.4 Å². The largest absolute Gasteiger partial charge is 0.349 e. The minimum atomic E-state index is -0.0509. The minimum Gasteiger partial charge on any atom is -0.349 e. The van der Waals surface area contributed by atoms with E-state index in [1.807, 2.05) is 12.1 Å². The first kappa shape index (κ1) is 17.2. The van der Waals surface area contributed by atoms with Crippen LogP contribution in [0, 0.1) is 5.92 Å². The number of hydrogen-bond acceptors (Lipinski definition) is 3. The maximum atomic E-state index is 12.5. The van der Waals surface area contributed by atoms with Crippen LogP contribution in [0.5, 0.6) is 0 Å². The standard InChI is InChI=1S/C20H28N2O2/c1-14(23)18-4-2-3-5-19(18)22-20(24)17-8-6-15(7-9-17)16-10-12-21-13-11-16/h6-9,16,18-19,21H,2-5,10-13H2,1H3,(H,22,24)/t18-,19-/m0/s1. The molecule has 0 radical (unpaired) electrons. The highest BCUT2D eigenvalue weighted by molar-refractivity contribution is 5.95. The number of ketones is 1. The second-order valence-corrected chi connectivity index (χ2v) is 7.23. The Balaban J connectivity index is 1.63. The first-order chi connectivity index (χ1) is 11.6. The lowest BCUT2D eigenvalue weighted by molar-refractivity contribution is -0.122. The monoisotopic (exact) mass is 328 g/mol. The Hall–Kier alpha value is -1.68. The van der Waals surface area contributed by atoms with E-state index in [4.69, 9.17) is 0 Å². The van der Waals surface area contributed by atoms with E-state index in [9.17, 15) is 9.59 Å². The lowest BCUT2D eigenvalue weighted by Gasteiger charge is -2.30. The molecule has 4 nitrogen and oxygen atoms in total. The van der Waals surface area contributed by atoms with Crippen molar-refractivity contribution in [1.29, 1.82) is 0 Å². The number of rotatable bonds is 4. The Morgan fingerprint density at radius 3 is 2.33 bits per heavy atom.